The average Bonchev–Trinajstić information content (AvgIpc) is 3.11. The summed E-state index contributed by atoms with van der Waals surface area (Å²) in [5.41, 5.74) is 1.54. The lowest BCUT2D eigenvalue weighted by Crippen LogP contribution is -2.30. The maximum absolute atomic E-state index is 12.8. The fourth-order valence-corrected chi connectivity index (χ4v) is 3.33. The van der Waals surface area contributed by atoms with Crippen molar-refractivity contribution in [2.75, 3.05) is 20.2 Å². The number of ether oxygens (including phenoxy) is 1. The Hall–Kier alpha value is -2.99. The molecule has 2 N–H and O–H groups in total. The average molecular weight is 414 g/mol. The third-order valence-electron chi connectivity index (χ3n) is 4.59. The normalized spacial score (nSPS) is 10.7. The van der Waals surface area contributed by atoms with E-state index >= 15 is 0 Å². The second kappa shape index (κ2) is 9.98. The van der Waals surface area contributed by atoms with Crippen molar-refractivity contribution in [3.63, 3.8) is 0 Å². The number of aromatic nitrogens is 1. The molecule has 1 heterocycles. The molecule has 0 aliphatic heterocycles. The van der Waals surface area contributed by atoms with Crippen LogP contribution in [0.15, 0.2) is 54.6 Å². The molecular weight excluding hydrogens is 390 g/mol. The maximum Gasteiger partial charge on any atom is 0.268 e. The van der Waals surface area contributed by atoms with Gasteiger partial charge in [-0.25, -0.2) is 0 Å². The number of amides is 2. The molecule has 3 aromatic rings. The van der Waals surface area contributed by atoms with Gasteiger partial charge in [-0.15, -0.1) is 0 Å². The van der Waals surface area contributed by atoms with E-state index in [0.717, 1.165) is 10.9 Å². The number of hydrogen-bond donors (Lipinski definition) is 2. The molecule has 0 saturated heterocycles. The molecule has 2 amide bonds. The summed E-state index contributed by atoms with van der Waals surface area (Å²) in [6.45, 7) is 1.25. The quantitative estimate of drug-likeness (QED) is 0.526. The molecule has 7 heteroatoms. The first-order chi connectivity index (χ1) is 14.1. The summed E-state index contributed by atoms with van der Waals surface area (Å²) >= 11 is 6.06. The van der Waals surface area contributed by atoms with E-state index in [4.69, 9.17) is 16.3 Å². The molecule has 0 radical (unpaired) electrons. The van der Waals surface area contributed by atoms with Crippen molar-refractivity contribution in [1.82, 2.24) is 15.2 Å². The van der Waals surface area contributed by atoms with Gasteiger partial charge in [-0.05, 0) is 30.7 Å². The first-order valence-corrected chi connectivity index (χ1v) is 9.92. The molecular formula is C22H24ClN3O3. The summed E-state index contributed by atoms with van der Waals surface area (Å²) in [4.78, 5) is 24.3. The molecule has 0 aliphatic rings. The molecule has 0 saturated carbocycles. The minimum absolute atomic E-state index is 0.0100. The minimum atomic E-state index is -0.177. The molecule has 6 nitrogen and oxygen atoms in total. The summed E-state index contributed by atoms with van der Waals surface area (Å²) < 4.78 is 7.58. The summed E-state index contributed by atoms with van der Waals surface area (Å²) in [6.07, 6.45) is 1.06. The van der Waals surface area contributed by atoms with Crippen LogP contribution in [-0.2, 0) is 11.3 Å². The van der Waals surface area contributed by atoms with Crippen LogP contribution in [-0.4, -0.2) is 36.6 Å². The number of para-hydroxylation sites is 2. The van der Waals surface area contributed by atoms with Crippen molar-refractivity contribution >= 4 is 34.3 Å². The van der Waals surface area contributed by atoms with E-state index in [1.807, 2.05) is 47.0 Å². The molecule has 0 aliphatic carbocycles. The van der Waals surface area contributed by atoms with Crippen molar-refractivity contribution in [3.8, 4) is 5.75 Å². The van der Waals surface area contributed by atoms with Gasteiger partial charge in [0.15, 0.2) is 0 Å². The number of benzene rings is 2. The van der Waals surface area contributed by atoms with E-state index < -0.39 is 0 Å². The Morgan fingerprint density at radius 2 is 1.86 bits per heavy atom. The summed E-state index contributed by atoms with van der Waals surface area (Å²) in [5, 5.41) is 7.04. The third-order valence-corrected chi connectivity index (χ3v) is 4.90. The smallest absolute Gasteiger partial charge is 0.268 e. The lowest BCUT2D eigenvalue weighted by Gasteiger charge is -2.12. The summed E-state index contributed by atoms with van der Waals surface area (Å²) in [7, 11) is 1.62. The third kappa shape index (κ3) is 5.29. The zero-order chi connectivity index (χ0) is 20.6. The van der Waals surface area contributed by atoms with Crippen LogP contribution in [0.5, 0.6) is 5.75 Å². The van der Waals surface area contributed by atoms with Crippen LogP contribution in [0.25, 0.3) is 10.9 Å². The van der Waals surface area contributed by atoms with Crippen molar-refractivity contribution in [3.05, 3.63) is 65.3 Å². The first kappa shape index (κ1) is 20.7. The van der Waals surface area contributed by atoms with Gasteiger partial charge in [0.05, 0.1) is 11.6 Å². The lowest BCUT2D eigenvalue weighted by molar-refractivity contribution is -0.120. The number of carbonyl (C=O) groups excluding carboxylic acids is 2. The molecule has 29 heavy (non-hydrogen) atoms. The van der Waals surface area contributed by atoms with E-state index in [9.17, 15) is 9.59 Å². The molecule has 0 bridgehead atoms. The molecule has 0 unspecified atom stereocenters. The van der Waals surface area contributed by atoms with E-state index in [2.05, 4.69) is 10.6 Å². The van der Waals surface area contributed by atoms with Gasteiger partial charge >= 0.3 is 0 Å². The Labute approximate surface area is 174 Å². The highest BCUT2D eigenvalue weighted by Crippen LogP contribution is 2.23. The molecule has 0 spiro atoms. The molecule has 0 fully saturated rings. The standard InChI is InChI=1S/C22H24ClN3O3/c1-24-21(27)11-6-13-26-18-9-4-2-7-16(18)15-19(26)22(28)25-12-14-29-20-10-5-3-8-17(20)23/h2-5,7-10,15H,6,11-14H2,1H3,(H,24,27)(H,25,28). The van der Waals surface area contributed by atoms with Gasteiger partial charge in [0, 0.05) is 30.9 Å². The first-order valence-electron chi connectivity index (χ1n) is 9.54. The maximum atomic E-state index is 12.8. The lowest BCUT2D eigenvalue weighted by atomic mass is 10.2. The largest absolute Gasteiger partial charge is 0.490 e. The predicted octanol–water partition coefficient (Wildman–Crippen LogP) is 3.63. The molecule has 0 atom stereocenters. The van der Waals surface area contributed by atoms with Gasteiger partial charge in [0.2, 0.25) is 5.91 Å². The summed E-state index contributed by atoms with van der Waals surface area (Å²) in [5.74, 6) is 0.403. The number of aryl methyl sites for hydroxylation is 1. The molecule has 2 aromatic carbocycles. The van der Waals surface area contributed by atoms with Crippen LogP contribution >= 0.6 is 11.6 Å². The number of carbonyl (C=O) groups is 2. The van der Waals surface area contributed by atoms with Gasteiger partial charge in [0.25, 0.3) is 5.91 Å². The fraction of sp³-hybridized carbons (Fsp3) is 0.273. The SMILES string of the molecule is CNC(=O)CCCn1c(C(=O)NCCOc2ccccc2Cl)cc2ccccc21. The second-order valence-electron chi connectivity index (χ2n) is 6.55. The minimum Gasteiger partial charge on any atom is -0.490 e. The molecule has 3 rings (SSSR count). The zero-order valence-electron chi connectivity index (χ0n) is 16.3. The number of fused-ring (bicyclic) bond motifs is 1. The topological polar surface area (TPSA) is 72.4 Å². The number of nitrogens with zero attached hydrogens (tertiary/aromatic N) is 1. The highest BCUT2D eigenvalue weighted by molar-refractivity contribution is 6.32. The van der Waals surface area contributed by atoms with Crippen LogP contribution in [0.1, 0.15) is 23.3 Å². The molecule has 152 valence electrons. The van der Waals surface area contributed by atoms with Crippen molar-refractivity contribution in [2.24, 2.45) is 0 Å². The number of halogens is 1. The number of nitrogens with one attached hydrogen (secondary N) is 2. The van der Waals surface area contributed by atoms with Gasteiger partial charge in [0.1, 0.15) is 18.1 Å². The number of rotatable bonds is 9. The Kier molecular flexibility index (Phi) is 7.14. The van der Waals surface area contributed by atoms with Crippen LogP contribution in [0.4, 0.5) is 0 Å². The van der Waals surface area contributed by atoms with Crippen molar-refractivity contribution < 1.29 is 14.3 Å². The Morgan fingerprint density at radius 1 is 1.10 bits per heavy atom. The van der Waals surface area contributed by atoms with Gasteiger partial charge in [-0.2, -0.15) is 0 Å². The van der Waals surface area contributed by atoms with Gasteiger partial charge < -0.3 is 19.9 Å². The van der Waals surface area contributed by atoms with E-state index in [1.165, 1.54) is 0 Å². The van der Waals surface area contributed by atoms with E-state index in [0.29, 0.717) is 49.0 Å². The fourth-order valence-electron chi connectivity index (χ4n) is 3.14. The molecule has 1 aromatic heterocycles. The van der Waals surface area contributed by atoms with Crippen molar-refractivity contribution in [1.29, 1.82) is 0 Å². The Morgan fingerprint density at radius 3 is 2.66 bits per heavy atom. The predicted molar refractivity (Wildman–Crippen MR) is 115 cm³/mol. The van der Waals surface area contributed by atoms with Crippen LogP contribution in [0.2, 0.25) is 5.02 Å². The van der Waals surface area contributed by atoms with Crippen LogP contribution in [0, 0.1) is 0 Å². The second-order valence-corrected chi connectivity index (χ2v) is 6.96. The highest BCUT2D eigenvalue weighted by Gasteiger charge is 2.15. The van der Waals surface area contributed by atoms with Gasteiger partial charge in [-0.1, -0.05) is 41.9 Å². The van der Waals surface area contributed by atoms with E-state index in [-0.39, 0.29) is 11.8 Å². The Balaban J connectivity index is 1.64. The van der Waals surface area contributed by atoms with E-state index in [1.54, 1.807) is 19.2 Å². The Bertz CT molecular complexity index is 1000. The van der Waals surface area contributed by atoms with Gasteiger partial charge in [-0.3, -0.25) is 9.59 Å². The van der Waals surface area contributed by atoms with Crippen LogP contribution in [0.3, 0.4) is 0 Å². The highest BCUT2D eigenvalue weighted by atomic mass is 35.5. The number of hydrogen-bond acceptors (Lipinski definition) is 3. The van der Waals surface area contributed by atoms with Crippen molar-refractivity contribution in [2.45, 2.75) is 19.4 Å². The summed E-state index contributed by atoms with van der Waals surface area (Å²) in [6, 6.07) is 16.9. The zero-order valence-corrected chi connectivity index (χ0v) is 17.0. The van der Waals surface area contributed by atoms with Crippen LogP contribution < -0.4 is 15.4 Å². The monoisotopic (exact) mass is 413 g/mol.